The zero-order valence-electron chi connectivity index (χ0n) is 14.7. The first-order valence-corrected chi connectivity index (χ1v) is 9.49. The molecule has 2 amide bonds. The zero-order valence-corrected chi connectivity index (χ0v) is 14.7. The molecule has 1 aromatic carbocycles. The molecule has 5 heteroatoms. The van der Waals surface area contributed by atoms with Gasteiger partial charge in [-0.1, -0.05) is 37.8 Å². The Kier molecular flexibility index (Phi) is 6.08. The van der Waals surface area contributed by atoms with E-state index in [1.165, 1.54) is 0 Å². The Morgan fingerprint density at radius 3 is 2.28 bits per heavy atom. The minimum atomic E-state index is -0.442. The van der Waals surface area contributed by atoms with Crippen LogP contribution in [0, 0.1) is 5.92 Å². The van der Waals surface area contributed by atoms with Gasteiger partial charge in [0.1, 0.15) is 0 Å². The van der Waals surface area contributed by atoms with Crippen LogP contribution in [-0.4, -0.2) is 29.1 Å². The van der Waals surface area contributed by atoms with E-state index in [4.69, 9.17) is 0 Å². The van der Waals surface area contributed by atoms with Crippen LogP contribution in [0.4, 0.5) is 0 Å². The van der Waals surface area contributed by atoms with Gasteiger partial charge in [-0.15, -0.1) is 0 Å². The summed E-state index contributed by atoms with van der Waals surface area (Å²) in [6.07, 6.45) is 7.51. The molecule has 0 saturated heterocycles. The smallest absolute Gasteiger partial charge is 0.251 e. The summed E-state index contributed by atoms with van der Waals surface area (Å²) in [7, 11) is 0. The maximum Gasteiger partial charge on any atom is 0.251 e. The molecule has 0 radical (unpaired) electrons. The van der Waals surface area contributed by atoms with E-state index in [2.05, 4.69) is 10.6 Å². The van der Waals surface area contributed by atoms with Gasteiger partial charge < -0.3 is 15.7 Å². The molecule has 0 aliphatic heterocycles. The summed E-state index contributed by atoms with van der Waals surface area (Å²) in [5, 5.41) is 15.9. The van der Waals surface area contributed by atoms with Crippen LogP contribution in [0.1, 0.15) is 67.3 Å². The molecule has 2 saturated carbocycles. The lowest BCUT2D eigenvalue weighted by Crippen LogP contribution is -2.45. The van der Waals surface area contributed by atoms with Crippen molar-refractivity contribution < 1.29 is 14.7 Å². The first-order valence-electron chi connectivity index (χ1n) is 9.49. The number of amides is 2. The van der Waals surface area contributed by atoms with Crippen molar-refractivity contribution in [1.82, 2.24) is 10.6 Å². The fraction of sp³-hybridized carbons (Fsp3) is 0.600. The van der Waals surface area contributed by atoms with Gasteiger partial charge in [-0.25, -0.2) is 0 Å². The molecule has 3 N–H and O–H groups in total. The van der Waals surface area contributed by atoms with Gasteiger partial charge in [0, 0.05) is 18.0 Å². The maximum absolute atomic E-state index is 12.3. The van der Waals surface area contributed by atoms with Crippen LogP contribution in [-0.2, 0) is 11.3 Å². The minimum Gasteiger partial charge on any atom is -0.391 e. The van der Waals surface area contributed by atoms with Crippen LogP contribution in [0.15, 0.2) is 24.3 Å². The molecule has 0 aromatic heterocycles. The van der Waals surface area contributed by atoms with Crippen LogP contribution in [0.2, 0.25) is 0 Å². The molecule has 2 aliphatic carbocycles. The molecule has 2 fully saturated rings. The van der Waals surface area contributed by atoms with E-state index in [1.807, 2.05) is 12.1 Å². The van der Waals surface area contributed by atoms with Crippen molar-refractivity contribution in [2.24, 2.45) is 5.92 Å². The highest BCUT2D eigenvalue weighted by atomic mass is 16.3. The summed E-state index contributed by atoms with van der Waals surface area (Å²) >= 11 is 0. The van der Waals surface area contributed by atoms with Crippen molar-refractivity contribution in [3.05, 3.63) is 35.4 Å². The molecule has 2 unspecified atom stereocenters. The topological polar surface area (TPSA) is 78.4 Å². The predicted octanol–water partition coefficient (Wildman–Crippen LogP) is 2.53. The highest BCUT2D eigenvalue weighted by Crippen LogP contribution is 2.24. The number of nitrogens with one attached hydrogen (secondary N) is 2. The molecule has 25 heavy (non-hydrogen) atoms. The van der Waals surface area contributed by atoms with Gasteiger partial charge in [-0.05, 0) is 43.4 Å². The highest BCUT2D eigenvalue weighted by Gasteiger charge is 2.25. The van der Waals surface area contributed by atoms with Crippen LogP contribution in [0.25, 0.3) is 0 Å². The Morgan fingerprint density at radius 1 is 0.960 bits per heavy atom. The summed E-state index contributed by atoms with van der Waals surface area (Å²) in [6.45, 7) is 0.499. The van der Waals surface area contributed by atoms with Gasteiger partial charge >= 0.3 is 0 Å². The average molecular weight is 344 g/mol. The molecule has 3 rings (SSSR count). The van der Waals surface area contributed by atoms with Gasteiger partial charge in [-0.3, -0.25) is 9.59 Å². The summed E-state index contributed by atoms with van der Waals surface area (Å²) in [5.74, 6) is 0.171. The summed E-state index contributed by atoms with van der Waals surface area (Å²) in [6, 6.07) is 7.16. The number of benzene rings is 1. The van der Waals surface area contributed by atoms with E-state index in [-0.39, 0.29) is 23.8 Å². The third kappa shape index (κ3) is 4.82. The van der Waals surface area contributed by atoms with Crippen molar-refractivity contribution in [3.8, 4) is 0 Å². The second kappa shape index (κ2) is 8.48. The van der Waals surface area contributed by atoms with E-state index in [1.54, 1.807) is 12.1 Å². The van der Waals surface area contributed by atoms with E-state index in [9.17, 15) is 14.7 Å². The van der Waals surface area contributed by atoms with Gasteiger partial charge in [0.15, 0.2) is 0 Å². The zero-order chi connectivity index (χ0) is 17.6. The number of rotatable bonds is 5. The lowest BCUT2D eigenvalue weighted by atomic mass is 9.92. The normalized spacial score (nSPS) is 24.0. The first kappa shape index (κ1) is 17.9. The van der Waals surface area contributed by atoms with Crippen molar-refractivity contribution in [1.29, 1.82) is 0 Å². The monoisotopic (exact) mass is 344 g/mol. The summed E-state index contributed by atoms with van der Waals surface area (Å²) in [4.78, 5) is 24.4. The second-order valence-corrected chi connectivity index (χ2v) is 7.33. The molecule has 5 nitrogen and oxygen atoms in total. The largest absolute Gasteiger partial charge is 0.391 e. The molecular weight excluding hydrogens is 316 g/mol. The SMILES string of the molecule is O=C(NC1CCCCC1O)c1ccc(CNC(=O)C2CCCC2)cc1. The number of carbonyl (C=O) groups excluding carboxylic acids is 2. The van der Waals surface area contributed by atoms with Crippen LogP contribution >= 0.6 is 0 Å². The Balaban J connectivity index is 1.49. The van der Waals surface area contributed by atoms with Gasteiger partial charge in [-0.2, -0.15) is 0 Å². The first-order chi connectivity index (χ1) is 12.1. The van der Waals surface area contributed by atoms with E-state index in [0.29, 0.717) is 12.1 Å². The average Bonchev–Trinajstić information content (AvgIpc) is 3.17. The fourth-order valence-corrected chi connectivity index (χ4v) is 3.83. The number of aliphatic hydroxyl groups is 1. The lowest BCUT2D eigenvalue weighted by Gasteiger charge is -2.28. The van der Waals surface area contributed by atoms with Crippen LogP contribution < -0.4 is 10.6 Å². The van der Waals surface area contributed by atoms with E-state index >= 15 is 0 Å². The molecule has 2 aliphatic rings. The van der Waals surface area contributed by atoms with Gasteiger partial charge in [0.25, 0.3) is 5.91 Å². The van der Waals surface area contributed by atoms with Crippen LogP contribution in [0.3, 0.4) is 0 Å². The fourth-order valence-electron chi connectivity index (χ4n) is 3.83. The van der Waals surface area contributed by atoms with Crippen molar-refractivity contribution in [2.75, 3.05) is 0 Å². The highest BCUT2D eigenvalue weighted by molar-refractivity contribution is 5.94. The molecule has 0 heterocycles. The molecule has 0 spiro atoms. The predicted molar refractivity (Wildman–Crippen MR) is 96.0 cm³/mol. The Hall–Kier alpha value is -1.88. The summed E-state index contributed by atoms with van der Waals surface area (Å²) < 4.78 is 0. The third-order valence-electron chi connectivity index (χ3n) is 5.45. The third-order valence-corrected chi connectivity index (χ3v) is 5.45. The van der Waals surface area contributed by atoms with Crippen molar-refractivity contribution in [2.45, 2.75) is 70.1 Å². The number of hydrogen-bond acceptors (Lipinski definition) is 3. The van der Waals surface area contributed by atoms with E-state index < -0.39 is 6.10 Å². The standard InChI is InChI=1S/C20H28N2O3/c23-18-8-4-3-7-17(18)22-20(25)16-11-9-14(10-12-16)13-21-19(24)15-5-1-2-6-15/h9-12,15,17-18,23H,1-8,13H2,(H,21,24)(H,22,25). The lowest BCUT2D eigenvalue weighted by molar-refractivity contribution is -0.124. The summed E-state index contributed by atoms with van der Waals surface area (Å²) in [5.41, 5.74) is 1.57. The minimum absolute atomic E-state index is 0.144. The molecule has 1 aromatic rings. The molecule has 0 bridgehead atoms. The number of aliphatic hydroxyl groups excluding tert-OH is 1. The second-order valence-electron chi connectivity index (χ2n) is 7.33. The van der Waals surface area contributed by atoms with E-state index in [0.717, 1.165) is 56.9 Å². The van der Waals surface area contributed by atoms with Crippen LogP contribution in [0.5, 0.6) is 0 Å². The molecule has 136 valence electrons. The molecular formula is C20H28N2O3. The Labute approximate surface area is 149 Å². The van der Waals surface area contributed by atoms with Crippen molar-refractivity contribution >= 4 is 11.8 Å². The van der Waals surface area contributed by atoms with Gasteiger partial charge in [0.05, 0.1) is 12.1 Å². The van der Waals surface area contributed by atoms with Crippen molar-refractivity contribution in [3.63, 3.8) is 0 Å². The number of hydrogen-bond donors (Lipinski definition) is 3. The Morgan fingerprint density at radius 2 is 1.60 bits per heavy atom. The quantitative estimate of drug-likeness (QED) is 0.768. The number of carbonyl (C=O) groups is 2. The van der Waals surface area contributed by atoms with Gasteiger partial charge in [0.2, 0.25) is 5.91 Å². The molecule has 2 atom stereocenters. The Bertz CT molecular complexity index is 593. The maximum atomic E-state index is 12.3.